The molecule has 2 heterocycles. The van der Waals surface area contributed by atoms with Crippen LogP contribution in [0.5, 0.6) is 5.75 Å². The molecular formula is C19H13BrClN3O2S. The summed E-state index contributed by atoms with van der Waals surface area (Å²) in [5.41, 5.74) is 1.39. The second-order valence-electron chi connectivity index (χ2n) is 5.81. The van der Waals surface area contributed by atoms with Crippen molar-refractivity contribution in [2.75, 3.05) is 0 Å². The second-order valence-corrected chi connectivity index (χ2v) is 8.11. The molecule has 2 aromatic heterocycles. The highest BCUT2D eigenvalue weighted by atomic mass is 79.9. The molecule has 0 amide bonds. The number of fused-ring (bicyclic) bond motifs is 1. The van der Waals surface area contributed by atoms with Crippen LogP contribution in [0.2, 0.25) is 5.02 Å². The van der Waals surface area contributed by atoms with E-state index in [1.807, 2.05) is 29.6 Å². The van der Waals surface area contributed by atoms with Crippen LogP contribution in [0.15, 0.2) is 63.4 Å². The third-order valence-electron chi connectivity index (χ3n) is 3.89. The number of benzene rings is 2. The molecule has 0 atom stereocenters. The summed E-state index contributed by atoms with van der Waals surface area (Å²) in [6, 6.07) is 12.7. The first-order valence-corrected chi connectivity index (χ1v) is 10.1. The van der Waals surface area contributed by atoms with Crippen LogP contribution in [0.4, 0.5) is 0 Å². The molecule has 0 bridgehead atoms. The van der Waals surface area contributed by atoms with Crippen molar-refractivity contribution < 1.29 is 4.74 Å². The summed E-state index contributed by atoms with van der Waals surface area (Å²) in [6.45, 7) is 0.732. The molecule has 8 heteroatoms. The summed E-state index contributed by atoms with van der Waals surface area (Å²) in [5, 5.41) is 4.01. The molecule has 136 valence electrons. The fourth-order valence-electron chi connectivity index (χ4n) is 2.58. The lowest BCUT2D eigenvalue weighted by Crippen LogP contribution is -2.21. The Hall–Kier alpha value is -2.22. The van der Waals surface area contributed by atoms with Gasteiger partial charge in [-0.25, -0.2) is 9.97 Å². The van der Waals surface area contributed by atoms with Crippen molar-refractivity contribution in [3.8, 4) is 5.75 Å². The fraction of sp³-hybridized carbons (Fsp3) is 0.105. The Morgan fingerprint density at radius 1 is 1.19 bits per heavy atom. The van der Waals surface area contributed by atoms with Gasteiger partial charge in [0.2, 0.25) is 0 Å². The molecule has 27 heavy (non-hydrogen) atoms. The molecule has 0 aliphatic carbocycles. The minimum atomic E-state index is -0.0896. The van der Waals surface area contributed by atoms with Gasteiger partial charge in [0.1, 0.15) is 17.4 Å². The van der Waals surface area contributed by atoms with Crippen molar-refractivity contribution in [1.82, 2.24) is 14.5 Å². The minimum absolute atomic E-state index is 0.0896. The summed E-state index contributed by atoms with van der Waals surface area (Å²) in [4.78, 5) is 21.6. The number of hydrogen-bond donors (Lipinski definition) is 0. The van der Waals surface area contributed by atoms with E-state index in [2.05, 4.69) is 25.9 Å². The highest BCUT2D eigenvalue weighted by Crippen LogP contribution is 2.19. The van der Waals surface area contributed by atoms with E-state index in [0.717, 1.165) is 20.9 Å². The van der Waals surface area contributed by atoms with Gasteiger partial charge in [0.25, 0.3) is 5.56 Å². The zero-order valence-electron chi connectivity index (χ0n) is 13.9. The van der Waals surface area contributed by atoms with Crippen molar-refractivity contribution in [3.63, 3.8) is 0 Å². The number of hydrogen-bond acceptors (Lipinski definition) is 5. The molecule has 0 radical (unpaired) electrons. The van der Waals surface area contributed by atoms with Gasteiger partial charge in [0.05, 0.1) is 29.5 Å². The van der Waals surface area contributed by atoms with E-state index in [9.17, 15) is 4.79 Å². The summed E-state index contributed by atoms with van der Waals surface area (Å²) in [5.74, 6) is 0.733. The van der Waals surface area contributed by atoms with Gasteiger partial charge in [-0.1, -0.05) is 27.5 Å². The second kappa shape index (κ2) is 7.80. The van der Waals surface area contributed by atoms with E-state index >= 15 is 0 Å². The molecule has 0 unspecified atom stereocenters. The van der Waals surface area contributed by atoms with Crippen molar-refractivity contribution in [3.05, 3.63) is 84.7 Å². The molecule has 5 nitrogen and oxygen atoms in total. The third-order valence-corrected chi connectivity index (χ3v) is 5.51. The molecule has 2 aromatic carbocycles. The minimum Gasteiger partial charge on any atom is -0.486 e. The van der Waals surface area contributed by atoms with Crippen molar-refractivity contribution in [2.45, 2.75) is 13.2 Å². The number of halogens is 2. The molecular weight excluding hydrogens is 450 g/mol. The zero-order valence-corrected chi connectivity index (χ0v) is 17.1. The predicted octanol–water partition coefficient (Wildman–Crippen LogP) is 4.90. The highest BCUT2D eigenvalue weighted by molar-refractivity contribution is 9.10. The maximum absolute atomic E-state index is 12.7. The number of nitrogens with zero attached hydrogens (tertiary/aromatic N) is 3. The first-order valence-electron chi connectivity index (χ1n) is 8.05. The molecule has 4 rings (SSSR count). The SMILES string of the molecule is O=c1c2cc(Br)ccc2ncn1Cc1csc(COc2ccc(Cl)cc2)n1. The lowest BCUT2D eigenvalue weighted by molar-refractivity contribution is 0.305. The van der Waals surface area contributed by atoms with Crippen molar-refractivity contribution >= 4 is 49.8 Å². The summed E-state index contributed by atoms with van der Waals surface area (Å²) in [6.07, 6.45) is 1.56. The van der Waals surface area contributed by atoms with Crippen LogP contribution >= 0.6 is 38.9 Å². The smallest absolute Gasteiger partial charge is 0.261 e. The normalized spacial score (nSPS) is 11.0. The zero-order chi connectivity index (χ0) is 18.8. The average molecular weight is 463 g/mol. The number of aromatic nitrogens is 3. The molecule has 0 aliphatic rings. The first kappa shape index (κ1) is 18.2. The van der Waals surface area contributed by atoms with Crippen LogP contribution in [0, 0.1) is 0 Å². The van der Waals surface area contributed by atoms with Gasteiger partial charge in [-0.3, -0.25) is 9.36 Å². The van der Waals surface area contributed by atoms with E-state index in [0.29, 0.717) is 29.1 Å². The molecule has 0 fully saturated rings. The van der Waals surface area contributed by atoms with Crippen LogP contribution in [-0.4, -0.2) is 14.5 Å². The highest BCUT2D eigenvalue weighted by Gasteiger charge is 2.08. The van der Waals surface area contributed by atoms with Gasteiger partial charge in [-0.2, -0.15) is 0 Å². The van der Waals surface area contributed by atoms with Crippen LogP contribution < -0.4 is 10.3 Å². The molecule has 0 spiro atoms. The Labute approximate surface area is 172 Å². The standard InChI is InChI=1S/C19H13BrClN3O2S/c20-12-1-6-17-16(7-12)19(25)24(11-22-17)8-14-10-27-18(23-14)9-26-15-4-2-13(21)3-5-15/h1-7,10-11H,8-9H2. The van der Waals surface area contributed by atoms with Crippen molar-refractivity contribution in [1.29, 1.82) is 0 Å². The van der Waals surface area contributed by atoms with Gasteiger partial charge in [-0.15, -0.1) is 11.3 Å². The summed E-state index contributed by atoms with van der Waals surface area (Å²) in [7, 11) is 0. The fourth-order valence-corrected chi connectivity index (χ4v) is 3.77. The third kappa shape index (κ3) is 4.21. The average Bonchev–Trinajstić information content (AvgIpc) is 3.11. The van der Waals surface area contributed by atoms with Crippen LogP contribution in [0.25, 0.3) is 10.9 Å². The number of thiazole rings is 1. The Kier molecular flexibility index (Phi) is 5.24. The van der Waals surface area contributed by atoms with E-state index in [4.69, 9.17) is 16.3 Å². The quantitative estimate of drug-likeness (QED) is 0.423. The Morgan fingerprint density at radius 3 is 2.81 bits per heavy atom. The first-order chi connectivity index (χ1) is 13.1. The summed E-state index contributed by atoms with van der Waals surface area (Å²) < 4.78 is 8.12. The van der Waals surface area contributed by atoms with E-state index < -0.39 is 0 Å². The predicted molar refractivity (Wildman–Crippen MR) is 111 cm³/mol. The van der Waals surface area contributed by atoms with E-state index in [1.165, 1.54) is 11.3 Å². The topological polar surface area (TPSA) is 57.0 Å². The lowest BCUT2D eigenvalue weighted by atomic mass is 10.2. The Morgan fingerprint density at radius 2 is 2.00 bits per heavy atom. The molecule has 4 aromatic rings. The van der Waals surface area contributed by atoms with Gasteiger partial charge in [0, 0.05) is 14.9 Å². The maximum Gasteiger partial charge on any atom is 0.261 e. The van der Waals surface area contributed by atoms with Crippen LogP contribution in [-0.2, 0) is 13.2 Å². The largest absolute Gasteiger partial charge is 0.486 e. The number of ether oxygens (including phenoxy) is 1. The molecule has 0 saturated heterocycles. The van der Waals surface area contributed by atoms with Crippen molar-refractivity contribution in [2.24, 2.45) is 0 Å². The van der Waals surface area contributed by atoms with Crippen LogP contribution in [0.3, 0.4) is 0 Å². The monoisotopic (exact) mass is 461 g/mol. The van der Waals surface area contributed by atoms with Gasteiger partial charge in [-0.05, 0) is 42.5 Å². The van der Waals surface area contributed by atoms with Gasteiger partial charge < -0.3 is 4.74 Å². The number of rotatable bonds is 5. The summed E-state index contributed by atoms with van der Waals surface area (Å²) >= 11 is 10.8. The molecule has 0 saturated carbocycles. The molecule has 0 aliphatic heterocycles. The Balaban J connectivity index is 1.49. The Bertz CT molecular complexity index is 1160. The van der Waals surface area contributed by atoms with E-state index in [1.54, 1.807) is 29.1 Å². The van der Waals surface area contributed by atoms with Gasteiger partial charge in [0.15, 0.2) is 0 Å². The molecule has 0 N–H and O–H groups in total. The van der Waals surface area contributed by atoms with E-state index in [-0.39, 0.29) is 5.56 Å². The van der Waals surface area contributed by atoms with Gasteiger partial charge >= 0.3 is 0 Å². The lowest BCUT2D eigenvalue weighted by Gasteiger charge is -2.05. The maximum atomic E-state index is 12.7. The van der Waals surface area contributed by atoms with Crippen LogP contribution in [0.1, 0.15) is 10.7 Å².